The molecule has 0 radical (unpaired) electrons. The van der Waals surface area contributed by atoms with Crippen LogP contribution in [-0.2, 0) is 6.54 Å². The molecular formula is C12H13ClFN3. The van der Waals surface area contributed by atoms with Gasteiger partial charge in [-0.1, -0.05) is 17.7 Å². The second-order valence-corrected chi connectivity index (χ2v) is 4.15. The van der Waals surface area contributed by atoms with E-state index in [1.165, 1.54) is 12.1 Å². The second-order valence-electron chi connectivity index (χ2n) is 3.75. The molecule has 0 amide bonds. The number of hydrogen-bond acceptors (Lipinski definition) is 2. The van der Waals surface area contributed by atoms with E-state index in [4.69, 9.17) is 17.3 Å². The highest BCUT2D eigenvalue weighted by molar-refractivity contribution is 6.30. The zero-order valence-electron chi connectivity index (χ0n) is 9.40. The second kappa shape index (κ2) is 4.85. The molecule has 2 rings (SSSR count). The minimum atomic E-state index is -0.463. The molecule has 1 atom stereocenters. The molecule has 2 N–H and O–H groups in total. The Morgan fingerprint density at radius 3 is 2.82 bits per heavy atom. The zero-order chi connectivity index (χ0) is 12.4. The minimum absolute atomic E-state index is 0.0973. The van der Waals surface area contributed by atoms with E-state index in [-0.39, 0.29) is 5.02 Å². The van der Waals surface area contributed by atoms with Gasteiger partial charge in [-0.05, 0) is 30.7 Å². The molecule has 1 heterocycles. The summed E-state index contributed by atoms with van der Waals surface area (Å²) in [5.74, 6) is -0.463. The summed E-state index contributed by atoms with van der Waals surface area (Å²) in [6.45, 7) is 2.77. The lowest BCUT2D eigenvalue weighted by molar-refractivity contribution is 0.619. The molecular weight excluding hydrogens is 241 g/mol. The van der Waals surface area contributed by atoms with Crippen molar-refractivity contribution in [2.45, 2.75) is 19.5 Å². The molecule has 0 saturated heterocycles. The Hall–Kier alpha value is -1.39. The standard InChI is InChI=1S/C12H13ClFN3/c1-2-17-6-5-11(16-17)12(15)8-3-4-9(13)10(14)7-8/h3-7,12H,2,15H2,1H3/t12-/m1/s1. The first-order valence-corrected chi connectivity index (χ1v) is 5.73. The summed E-state index contributed by atoms with van der Waals surface area (Å²) in [7, 11) is 0. The first kappa shape index (κ1) is 12.1. The smallest absolute Gasteiger partial charge is 0.142 e. The molecule has 0 saturated carbocycles. The molecule has 0 unspecified atom stereocenters. The predicted molar refractivity (Wildman–Crippen MR) is 65.3 cm³/mol. The predicted octanol–water partition coefficient (Wildman–Crippen LogP) is 2.74. The van der Waals surface area contributed by atoms with Crippen molar-refractivity contribution < 1.29 is 4.39 Å². The number of benzene rings is 1. The number of hydrogen-bond donors (Lipinski definition) is 1. The molecule has 90 valence electrons. The highest BCUT2D eigenvalue weighted by Gasteiger charge is 2.13. The summed E-state index contributed by atoms with van der Waals surface area (Å²) >= 11 is 5.62. The van der Waals surface area contributed by atoms with E-state index in [1.54, 1.807) is 10.7 Å². The Labute approximate surface area is 104 Å². The highest BCUT2D eigenvalue weighted by atomic mass is 35.5. The number of nitrogens with zero attached hydrogens (tertiary/aromatic N) is 2. The molecule has 0 fully saturated rings. The van der Waals surface area contributed by atoms with Crippen LogP contribution in [0.5, 0.6) is 0 Å². The molecule has 1 aromatic heterocycles. The number of aryl methyl sites for hydroxylation is 1. The van der Waals surface area contributed by atoms with Gasteiger partial charge in [0, 0.05) is 12.7 Å². The number of aromatic nitrogens is 2. The van der Waals surface area contributed by atoms with Crippen LogP contribution in [0.2, 0.25) is 5.02 Å². The topological polar surface area (TPSA) is 43.8 Å². The van der Waals surface area contributed by atoms with Crippen LogP contribution < -0.4 is 5.73 Å². The van der Waals surface area contributed by atoms with Crippen molar-refractivity contribution >= 4 is 11.6 Å². The number of nitrogens with two attached hydrogens (primary N) is 1. The molecule has 2 aromatic rings. The van der Waals surface area contributed by atoms with Crippen LogP contribution in [0.15, 0.2) is 30.5 Å². The van der Waals surface area contributed by atoms with Crippen LogP contribution in [0, 0.1) is 5.82 Å². The molecule has 5 heteroatoms. The Balaban J connectivity index is 2.29. The summed E-state index contributed by atoms with van der Waals surface area (Å²) in [6, 6.07) is 5.96. The fourth-order valence-electron chi connectivity index (χ4n) is 1.60. The third kappa shape index (κ3) is 2.48. The van der Waals surface area contributed by atoms with Crippen LogP contribution in [0.3, 0.4) is 0 Å². The quantitative estimate of drug-likeness (QED) is 0.914. The summed E-state index contributed by atoms with van der Waals surface area (Å²) < 4.78 is 15.1. The Kier molecular flexibility index (Phi) is 3.45. The normalized spacial score (nSPS) is 12.7. The lowest BCUT2D eigenvalue weighted by atomic mass is 10.1. The van der Waals surface area contributed by atoms with Crippen LogP contribution >= 0.6 is 11.6 Å². The molecule has 1 aromatic carbocycles. The summed E-state index contributed by atoms with van der Waals surface area (Å²) in [6.07, 6.45) is 1.85. The van der Waals surface area contributed by atoms with E-state index in [2.05, 4.69) is 5.10 Å². The maximum atomic E-state index is 13.3. The SMILES string of the molecule is CCn1ccc([C@H](N)c2ccc(Cl)c(F)c2)n1. The summed E-state index contributed by atoms with van der Waals surface area (Å²) in [5.41, 5.74) is 7.39. The largest absolute Gasteiger partial charge is 0.319 e. The summed E-state index contributed by atoms with van der Waals surface area (Å²) in [4.78, 5) is 0. The third-order valence-corrected chi connectivity index (χ3v) is 2.91. The van der Waals surface area contributed by atoms with Crippen LogP contribution in [0.25, 0.3) is 0 Å². The van der Waals surface area contributed by atoms with Crippen molar-refractivity contribution in [1.82, 2.24) is 9.78 Å². The molecule has 17 heavy (non-hydrogen) atoms. The molecule has 0 aliphatic carbocycles. The molecule has 0 bridgehead atoms. The van der Waals surface area contributed by atoms with Gasteiger partial charge in [0.25, 0.3) is 0 Å². The van der Waals surface area contributed by atoms with E-state index in [0.717, 1.165) is 6.54 Å². The maximum Gasteiger partial charge on any atom is 0.142 e. The van der Waals surface area contributed by atoms with Gasteiger partial charge in [0.05, 0.1) is 16.8 Å². The van der Waals surface area contributed by atoms with Crippen LogP contribution in [0.1, 0.15) is 24.2 Å². The van der Waals surface area contributed by atoms with Gasteiger partial charge in [-0.15, -0.1) is 0 Å². The Bertz CT molecular complexity index is 524. The van der Waals surface area contributed by atoms with E-state index in [1.807, 2.05) is 19.2 Å². The van der Waals surface area contributed by atoms with Crippen LogP contribution in [0.4, 0.5) is 4.39 Å². The van der Waals surface area contributed by atoms with E-state index >= 15 is 0 Å². The minimum Gasteiger partial charge on any atom is -0.319 e. The number of rotatable bonds is 3. The fraction of sp³-hybridized carbons (Fsp3) is 0.250. The maximum absolute atomic E-state index is 13.3. The van der Waals surface area contributed by atoms with Gasteiger partial charge < -0.3 is 5.73 Å². The van der Waals surface area contributed by atoms with Crippen molar-refractivity contribution in [3.63, 3.8) is 0 Å². The van der Waals surface area contributed by atoms with E-state index < -0.39 is 11.9 Å². The van der Waals surface area contributed by atoms with E-state index in [0.29, 0.717) is 11.3 Å². The Morgan fingerprint density at radius 1 is 1.47 bits per heavy atom. The first-order chi connectivity index (χ1) is 8.11. The molecule has 3 nitrogen and oxygen atoms in total. The monoisotopic (exact) mass is 253 g/mol. The van der Waals surface area contributed by atoms with Gasteiger partial charge in [-0.2, -0.15) is 5.10 Å². The van der Waals surface area contributed by atoms with Crippen LogP contribution in [-0.4, -0.2) is 9.78 Å². The lowest BCUT2D eigenvalue weighted by Crippen LogP contribution is -2.13. The molecule has 0 aliphatic rings. The fourth-order valence-corrected chi connectivity index (χ4v) is 1.71. The molecule has 0 aliphatic heterocycles. The van der Waals surface area contributed by atoms with Gasteiger partial charge >= 0.3 is 0 Å². The zero-order valence-corrected chi connectivity index (χ0v) is 10.2. The van der Waals surface area contributed by atoms with Crippen molar-refractivity contribution in [3.05, 3.63) is 52.6 Å². The highest BCUT2D eigenvalue weighted by Crippen LogP contribution is 2.22. The van der Waals surface area contributed by atoms with Gasteiger partial charge in [0.1, 0.15) is 5.82 Å². The van der Waals surface area contributed by atoms with Crippen molar-refractivity contribution in [2.75, 3.05) is 0 Å². The third-order valence-electron chi connectivity index (χ3n) is 2.61. The van der Waals surface area contributed by atoms with Crippen molar-refractivity contribution in [2.24, 2.45) is 5.73 Å². The van der Waals surface area contributed by atoms with Gasteiger partial charge in [-0.3, -0.25) is 4.68 Å². The Morgan fingerprint density at radius 2 is 2.24 bits per heavy atom. The lowest BCUT2D eigenvalue weighted by Gasteiger charge is -2.09. The van der Waals surface area contributed by atoms with Gasteiger partial charge in [0.15, 0.2) is 0 Å². The van der Waals surface area contributed by atoms with Crippen molar-refractivity contribution in [3.8, 4) is 0 Å². The van der Waals surface area contributed by atoms with Gasteiger partial charge in [0.2, 0.25) is 0 Å². The first-order valence-electron chi connectivity index (χ1n) is 5.35. The van der Waals surface area contributed by atoms with Gasteiger partial charge in [-0.25, -0.2) is 4.39 Å². The average molecular weight is 254 g/mol. The van der Waals surface area contributed by atoms with E-state index in [9.17, 15) is 4.39 Å². The average Bonchev–Trinajstić information content (AvgIpc) is 2.80. The molecule has 0 spiro atoms. The summed E-state index contributed by atoms with van der Waals surface area (Å²) in [5, 5.41) is 4.39. The van der Waals surface area contributed by atoms with Crippen molar-refractivity contribution in [1.29, 1.82) is 0 Å². The number of halogens is 2.